The average Bonchev–Trinajstić information content (AvgIpc) is 3.38. The summed E-state index contributed by atoms with van der Waals surface area (Å²) >= 11 is 19.1. The normalized spacial score (nSPS) is 14.4. The van der Waals surface area contributed by atoms with E-state index < -0.39 is 5.91 Å². The highest BCUT2D eigenvalue weighted by Gasteiger charge is 2.25. The zero-order valence-electron chi connectivity index (χ0n) is 15.5. The van der Waals surface area contributed by atoms with Crippen molar-refractivity contribution in [2.45, 2.75) is 12.8 Å². The van der Waals surface area contributed by atoms with Crippen LogP contribution in [-0.4, -0.2) is 39.0 Å². The summed E-state index contributed by atoms with van der Waals surface area (Å²) in [6.07, 6.45) is 1.89. The van der Waals surface area contributed by atoms with Gasteiger partial charge >= 0.3 is 0 Å². The highest BCUT2D eigenvalue weighted by Crippen LogP contribution is 2.22. The second kappa shape index (κ2) is 8.89. The van der Waals surface area contributed by atoms with Crippen molar-refractivity contribution in [3.63, 3.8) is 0 Å². The van der Waals surface area contributed by atoms with Gasteiger partial charge in [-0.25, -0.2) is 0 Å². The van der Waals surface area contributed by atoms with Gasteiger partial charge in [-0.3, -0.25) is 9.59 Å². The van der Waals surface area contributed by atoms with E-state index >= 15 is 0 Å². The summed E-state index contributed by atoms with van der Waals surface area (Å²) in [5.74, 6) is -0.815. The summed E-state index contributed by atoms with van der Waals surface area (Å²) in [6.45, 7) is 1.32. The van der Waals surface area contributed by atoms with E-state index in [1.54, 1.807) is 39.3 Å². The van der Waals surface area contributed by atoms with Crippen LogP contribution in [0.15, 0.2) is 47.5 Å². The zero-order valence-corrected chi connectivity index (χ0v) is 18.6. The van der Waals surface area contributed by atoms with Crippen LogP contribution in [-0.2, 0) is 0 Å². The summed E-state index contributed by atoms with van der Waals surface area (Å²) in [5, 5.41) is 5.63. The Morgan fingerprint density at radius 1 is 0.967 bits per heavy atom. The molecule has 0 bridgehead atoms. The standard InChI is InChI=1S/C20H15Cl3N4O2S/c21-12-3-6-14(7-4-12)27-25-17(20(29)26-9-1-2-10-26)19(30-27)24-18(28)15-8-5-13(22)11-16(15)23/h3-8,11H,1-2,9-10H2. The molecule has 0 unspecified atom stereocenters. The van der Waals surface area contributed by atoms with Crippen molar-refractivity contribution in [2.75, 3.05) is 13.1 Å². The van der Waals surface area contributed by atoms with Crippen molar-refractivity contribution < 1.29 is 9.59 Å². The van der Waals surface area contributed by atoms with Crippen LogP contribution >= 0.6 is 46.3 Å². The third kappa shape index (κ3) is 4.44. The van der Waals surface area contributed by atoms with Gasteiger partial charge in [0.25, 0.3) is 11.8 Å². The number of rotatable bonds is 3. The lowest BCUT2D eigenvalue weighted by molar-refractivity contribution is 0.0785. The molecule has 1 fully saturated rings. The topological polar surface area (TPSA) is 67.6 Å². The first-order valence-corrected chi connectivity index (χ1v) is 11.0. The lowest BCUT2D eigenvalue weighted by Crippen LogP contribution is -2.31. The van der Waals surface area contributed by atoms with Gasteiger partial charge < -0.3 is 4.90 Å². The van der Waals surface area contributed by atoms with Gasteiger partial charge in [-0.15, -0.1) is 5.10 Å². The maximum Gasteiger partial charge on any atom is 0.279 e. The molecule has 10 heteroatoms. The van der Waals surface area contributed by atoms with Gasteiger partial charge in [0.1, 0.15) is 0 Å². The molecule has 154 valence electrons. The zero-order chi connectivity index (χ0) is 21.3. The SMILES string of the molecule is O=C(N=c1sn(-c2ccc(Cl)cc2)nc1C(=O)N1CCCC1)c1ccc(Cl)cc1Cl. The minimum absolute atomic E-state index is 0.135. The molecular formula is C20H15Cl3N4O2S. The molecule has 0 radical (unpaired) electrons. The van der Waals surface area contributed by atoms with Gasteiger partial charge in [-0.1, -0.05) is 34.8 Å². The van der Waals surface area contributed by atoms with E-state index in [1.165, 1.54) is 12.1 Å². The van der Waals surface area contributed by atoms with Gasteiger partial charge in [0.2, 0.25) is 0 Å². The molecule has 0 N–H and O–H groups in total. The molecule has 2 amide bonds. The average molecular weight is 482 g/mol. The van der Waals surface area contributed by atoms with Gasteiger partial charge in [0, 0.05) is 23.1 Å². The summed E-state index contributed by atoms with van der Waals surface area (Å²) in [4.78, 5) is 31.7. The third-order valence-corrected chi connectivity index (χ3v) is 6.30. The Bertz CT molecular complexity index is 1180. The maximum atomic E-state index is 13.0. The van der Waals surface area contributed by atoms with Crippen LogP contribution in [0.2, 0.25) is 15.1 Å². The Morgan fingerprint density at radius 2 is 1.63 bits per heavy atom. The fraction of sp³-hybridized carbons (Fsp3) is 0.200. The van der Waals surface area contributed by atoms with Gasteiger partial charge in [-0.05, 0) is 66.8 Å². The van der Waals surface area contributed by atoms with Crippen LogP contribution in [0.25, 0.3) is 5.69 Å². The summed E-state index contributed by atoms with van der Waals surface area (Å²) < 4.78 is 1.77. The Labute approximate surface area is 191 Å². The predicted octanol–water partition coefficient (Wildman–Crippen LogP) is 4.87. The number of hydrogen-bond donors (Lipinski definition) is 0. The number of hydrogen-bond acceptors (Lipinski definition) is 4. The van der Waals surface area contributed by atoms with Crippen molar-refractivity contribution in [3.8, 4) is 5.69 Å². The largest absolute Gasteiger partial charge is 0.337 e. The molecule has 1 aromatic heterocycles. The van der Waals surface area contributed by atoms with E-state index in [-0.39, 0.29) is 26.9 Å². The molecule has 2 heterocycles. The second-order valence-corrected chi connectivity index (χ2v) is 8.83. The van der Waals surface area contributed by atoms with Crippen LogP contribution in [0.1, 0.15) is 33.7 Å². The fourth-order valence-electron chi connectivity index (χ4n) is 3.05. The number of nitrogens with zero attached hydrogens (tertiary/aromatic N) is 4. The van der Waals surface area contributed by atoms with Crippen molar-refractivity contribution in [1.82, 2.24) is 14.1 Å². The van der Waals surface area contributed by atoms with Crippen LogP contribution in [0, 0.1) is 0 Å². The van der Waals surface area contributed by atoms with E-state index in [0.29, 0.717) is 28.8 Å². The molecular weight excluding hydrogens is 467 g/mol. The first-order chi connectivity index (χ1) is 14.4. The third-order valence-electron chi connectivity index (χ3n) is 4.57. The quantitative estimate of drug-likeness (QED) is 0.536. The minimum atomic E-state index is -0.570. The summed E-state index contributed by atoms with van der Waals surface area (Å²) in [6, 6.07) is 11.5. The Hall–Kier alpha value is -2.19. The monoisotopic (exact) mass is 480 g/mol. The van der Waals surface area contributed by atoms with E-state index in [1.807, 2.05) is 0 Å². The van der Waals surface area contributed by atoms with Crippen molar-refractivity contribution in [3.05, 3.63) is 73.5 Å². The molecule has 1 saturated heterocycles. The molecule has 0 aliphatic carbocycles. The molecule has 4 rings (SSSR count). The lowest BCUT2D eigenvalue weighted by Gasteiger charge is -2.12. The van der Waals surface area contributed by atoms with Crippen LogP contribution in [0.5, 0.6) is 0 Å². The van der Waals surface area contributed by atoms with Crippen LogP contribution in [0.4, 0.5) is 0 Å². The van der Waals surface area contributed by atoms with Crippen LogP contribution in [0.3, 0.4) is 0 Å². The van der Waals surface area contributed by atoms with Gasteiger partial charge in [-0.2, -0.15) is 9.06 Å². The molecule has 2 aromatic carbocycles. The predicted molar refractivity (Wildman–Crippen MR) is 118 cm³/mol. The number of carbonyl (C=O) groups excluding carboxylic acids is 2. The summed E-state index contributed by atoms with van der Waals surface area (Å²) in [5.41, 5.74) is 1.04. The molecule has 0 spiro atoms. The lowest BCUT2D eigenvalue weighted by atomic mass is 10.2. The molecule has 1 aliphatic heterocycles. The number of likely N-dealkylation sites (tertiary alicyclic amines) is 1. The fourth-order valence-corrected chi connectivity index (χ4v) is 4.52. The van der Waals surface area contributed by atoms with E-state index in [4.69, 9.17) is 34.8 Å². The highest BCUT2D eigenvalue weighted by atomic mass is 35.5. The second-order valence-electron chi connectivity index (χ2n) is 6.63. The highest BCUT2D eigenvalue weighted by molar-refractivity contribution is 7.04. The Balaban J connectivity index is 1.79. The maximum absolute atomic E-state index is 13.0. The van der Waals surface area contributed by atoms with Crippen molar-refractivity contribution in [2.24, 2.45) is 4.99 Å². The molecule has 30 heavy (non-hydrogen) atoms. The first kappa shape index (κ1) is 21.1. The molecule has 3 aromatic rings. The van der Waals surface area contributed by atoms with Gasteiger partial charge in [0.05, 0.1) is 16.3 Å². The summed E-state index contributed by atoms with van der Waals surface area (Å²) in [7, 11) is 0. The van der Waals surface area contributed by atoms with Crippen molar-refractivity contribution >= 4 is 58.1 Å². The number of carbonyl (C=O) groups is 2. The molecule has 1 aliphatic rings. The number of benzene rings is 2. The number of amides is 2. The van der Waals surface area contributed by atoms with Gasteiger partial charge in [0.15, 0.2) is 10.4 Å². The number of aromatic nitrogens is 2. The molecule has 0 saturated carbocycles. The number of halogens is 3. The van der Waals surface area contributed by atoms with Crippen molar-refractivity contribution in [1.29, 1.82) is 0 Å². The first-order valence-electron chi connectivity index (χ1n) is 9.12. The molecule has 0 atom stereocenters. The Morgan fingerprint density at radius 3 is 2.30 bits per heavy atom. The van der Waals surface area contributed by atoms with E-state index in [0.717, 1.165) is 24.4 Å². The smallest absolute Gasteiger partial charge is 0.279 e. The molecule has 6 nitrogen and oxygen atoms in total. The van der Waals surface area contributed by atoms with Crippen LogP contribution < -0.4 is 4.67 Å². The minimum Gasteiger partial charge on any atom is -0.337 e. The van der Waals surface area contributed by atoms with E-state index in [9.17, 15) is 9.59 Å². The van der Waals surface area contributed by atoms with E-state index in [2.05, 4.69) is 10.1 Å². The Kier molecular flexibility index (Phi) is 6.24.